The van der Waals surface area contributed by atoms with Gasteiger partial charge in [-0.1, -0.05) is 42.3 Å². The van der Waals surface area contributed by atoms with Crippen molar-refractivity contribution in [3.05, 3.63) is 58.1 Å². The summed E-state index contributed by atoms with van der Waals surface area (Å²) in [6.45, 7) is 6.25. The third-order valence-electron chi connectivity index (χ3n) is 3.38. The first-order valence-corrected chi connectivity index (χ1v) is 7.65. The van der Waals surface area contributed by atoms with Gasteiger partial charge in [0.05, 0.1) is 0 Å². The van der Waals surface area contributed by atoms with Gasteiger partial charge in [0.25, 0.3) is 0 Å². The average molecular weight is 318 g/mol. The minimum atomic E-state index is -0.0463. The molecule has 1 N–H and O–H groups in total. The number of hydrogen-bond acceptors (Lipinski definition) is 2. The highest BCUT2D eigenvalue weighted by Gasteiger charge is 2.08. The lowest BCUT2D eigenvalue weighted by Crippen LogP contribution is -2.12. The van der Waals surface area contributed by atoms with E-state index >= 15 is 0 Å². The van der Waals surface area contributed by atoms with Gasteiger partial charge in [-0.3, -0.25) is 4.79 Å². The molecule has 0 atom stereocenters. The standard InChI is InChI=1S/C18H20ClNO2/c1-4-18(21)20-16-10-15(19)7-6-14(16)11-22-17-8-5-12(2)9-13(17)3/h5-10H,4,11H2,1-3H3,(H,20,21). The molecule has 1 amide bonds. The number of nitrogens with one attached hydrogen (secondary N) is 1. The van der Waals surface area contributed by atoms with Gasteiger partial charge in [-0.25, -0.2) is 0 Å². The van der Waals surface area contributed by atoms with Gasteiger partial charge in [0.15, 0.2) is 0 Å². The number of benzene rings is 2. The zero-order valence-electron chi connectivity index (χ0n) is 13.1. The van der Waals surface area contributed by atoms with Gasteiger partial charge in [-0.2, -0.15) is 0 Å². The lowest BCUT2D eigenvalue weighted by molar-refractivity contribution is -0.115. The van der Waals surface area contributed by atoms with Crippen molar-refractivity contribution < 1.29 is 9.53 Å². The van der Waals surface area contributed by atoms with Crippen LogP contribution in [-0.2, 0) is 11.4 Å². The molecule has 0 heterocycles. The molecule has 0 saturated heterocycles. The summed E-state index contributed by atoms with van der Waals surface area (Å²) < 4.78 is 5.88. The Kier molecular flexibility index (Phi) is 5.45. The normalized spacial score (nSPS) is 10.4. The van der Waals surface area contributed by atoms with Gasteiger partial charge in [-0.05, 0) is 37.6 Å². The van der Waals surface area contributed by atoms with Gasteiger partial charge in [0.1, 0.15) is 12.4 Å². The first kappa shape index (κ1) is 16.4. The fraction of sp³-hybridized carbons (Fsp3) is 0.278. The lowest BCUT2D eigenvalue weighted by Gasteiger charge is -2.14. The molecule has 0 aliphatic heterocycles. The summed E-state index contributed by atoms with van der Waals surface area (Å²) in [5.41, 5.74) is 3.88. The predicted octanol–water partition coefficient (Wildman–Crippen LogP) is 4.88. The zero-order valence-corrected chi connectivity index (χ0v) is 13.8. The van der Waals surface area contributed by atoms with Crippen LogP contribution in [-0.4, -0.2) is 5.91 Å². The van der Waals surface area contributed by atoms with Gasteiger partial charge in [0, 0.05) is 22.7 Å². The molecule has 0 aliphatic carbocycles. The lowest BCUT2D eigenvalue weighted by atomic mass is 10.1. The molecule has 4 heteroatoms. The molecular formula is C18H20ClNO2. The molecule has 0 radical (unpaired) electrons. The monoisotopic (exact) mass is 317 g/mol. The maximum atomic E-state index is 11.6. The van der Waals surface area contributed by atoms with Crippen LogP contribution in [0.2, 0.25) is 5.02 Å². The second-order valence-corrected chi connectivity index (χ2v) is 5.70. The van der Waals surface area contributed by atoms with E-state index in [0.29, 0.717) is 23.7 Å². The molecule has 2 aromatic rings. The Morgan fingerprint density at radius 2 is 1.95 bits per heavy atom. The number of carbonyl (C=O) groups is 1. The summed E-state index contributed by atoms with van der Waals surface area (Å²) in [5, 5.41) is 3.44. The van der Waals surface area contributed by atoms with E-state index in [4.69, 9.17) is 16.3 Å². The van der Waals surface area contributed by atoms with Crippen molar-refractivity contribution in [3.8, 4) is 5.75 Å². The molecule has 0 saturated carbocycles. The maximum absolute atomic E-state index is 11.6. The summed E-state index contributed by atoms with van der Waals surface area (Å²) >= 11 is 6.01. The Labute approximate surface area is 136 Å². The minimum Gasteiger partial charge on any atom is -0.489 e. The fourth-order valence-electron chi connectivity index (χ4n) is 2.15. The largest absolute Gasteiger partial charge is 0.489 e. The molecular weight excluding hydrogens is 298 g/mol. The van der Waals surface area contributed by atoms with E-state index in [1.54, 1.807) is 12.1 Å². The van der Waals surface area contributed by atoms with E-state index in [9.17, 15) is 4.79 Å². The van der Waals surface area contributed by atoms with Crippen LogP contribution in [0.15, 0.2) is 36.4 Å². The molecule has 0 bridgehead atoms. The van der Waals surface area contributed by atoms with Crippen molar-refractivity contribution in [3.63, 3.8) is 0 Å². The summed E-state index contributed by atoms with van der Waals surface area (Å²) in [6.07, 6.45) is 0.421. The number of rotatable bonds is 5. The van der Waals surface area contributed by atoms with Gasteiger partial charge in [0.2, 0.25) is 5.91 Å². The number of ether oxygens (including phenoxy) is 1. The first-order valence-electron chi connectivity index (χ1n) is 7.28. The van der Waals surface area contributed by atoms with Crippen LogP contribution in [0.25, 0.3) is 0 Å². The van der Waals surface area contributed by atoms with Crippen molar-refractivity contribution in [1.29, 1.82) is 0 Å². The third-order valence-corrected chi connectivity index (χ3v) is 3.62. The number of carbonyl (C=O) groups excluding carboxylic acids is 1. The van der Waals surface area contributed by atoms with Crippen LogP contribution >= 0.6 is 11.6 Å². The Morgan fingerprint density at radius 1 is 1.18 bits per heavy atom. The van der Waals surface area contributed by atoms with Crippen LogP contribution in [0.4, 0.5) is 5.69 Å². The van der Waals surface area contributed by atoms with Crippen molar-refractivity contribution >= 4 is 23.2 Å². The van der Waals surface area contributed by atoms with Crippen LogP contribution < -0.4 is 10.1 Å². The summed E-state index contributed by atoms with van der Waals surface area (Å²) in [4.78, 5) is 11.6. The number of amides is 1. The average Bonchev–Trinajstić information content (AvgIpc) is 2.48. The molecule has 0 aliphatic rings. The predicted molar refractivity (Wildman–Crippen MR) is 90.6 cm³/mol. The van der Waals surface area contributed by atoms with Crippen LogP contribution in [0, 0.1) is 13.8 Å². The van der Waals surface area contributed by atoms with Gasteiger partial charge >= 0.3 is 0 Å². The van der Waals surface area contributed by atoms with E-state index in [0.717, 1.165) is 16.9 Å². The second kappa shape index (κ2) is 7.32. The molecule has 0 unspecified atom stereocenters. The van der Waals surface area contributed by atoms with Crippen molar-refractivity contribution in [2.45, 2.75) is 33.8 Å². The third kappa shape index (κ3) is 4.25. The summed E-state index contributed by atoms with van der Waals surface area (Å²) in [7, 11) is 0. The van der Waals surface area contributed by atoms with E-state index in [-0.39, 0.29) is 5.91 Å². The van der Waals surface area contributed by atoms with Crippen LogP contribution in [0.3, 0.4) is 0 Å². The second-order valence-electron chi connectivity index (χ2n) is 5.26. The Balaban J connectivity index is 2.16. The van der Waals surface area contributed by atoms with Crippen molar-refractivity contribution in [2.75, 3.05) is 5.32 Å². The van der Waals surface area contributed by atoms with Crippen molar-refractivity contribution in [2.24, 2.45) is 0 Å². The highest BCUT2D eigenvalue weighted by Crippen LogP contribution is 2.25. The zero-order chi connectivity index (χ0) is 16.1. The van der Waals surface area contributed by atoms with E-state index in [2.05, 4.69) is 11.4 Å². The molecule has 0 aromatic heterocycles. The maximum Gasteiger partial charge on any atom is 0.224 e. The van der Waals surface area contributed by atoms with Crippen LogP contribution in [0.5, 0.6) is 5.75 Å². The molecule has 0 fully saturated rings. The Bertz CT molecular complexity index is 683. The molecule has 0 spiro atoms. The van der Waals surface area contributed by atoms with E-state index in [1.165, 1.54) is 5.56 Å². The van der Waals surface area contributed by atoms with Crippen molar-refractivity contribution in [1.82, 2.24) is 0 Å². The smallest absolute Gasteiger partial charge is 0.224 e. The molecule has 2 aromatic carbocycles. The number of halogens is 1. The SMILES string of the molecule is CCC(=O)Nc1cc(Cl)ccc1COc1ccc(C)cc1C. The number of anilines is 1. The van der Waals surface area contributed by atoms with E-state index in [1.807, 2.05) is 39.0 Å². The number of aryl methyl sites for hydroxylation is 2. The quantitative estimate of drug-likeness (QED) is 0.853. The van der Waals surface area contributed by atoms with E-state index < -0.39 is 0 Å². The molecule has 2 rings (SSSR count). The molecule has 3 nitrogen and oxygen atoms in total. The number of hydrogen-bond donors (Lipinski definition) is 1. The minimum absolute atomic E-state index is 0.0463. The molecule has 22 heavy (non-hydrogen) atoms. The highest BCUT2D eigenvalue weighted by atomic mass is 35.5. The highest BCUT2D eigenvalue weighted by molar-refractivity contribution is 6.31. The summed E-state index contributed by atoms with van der Waals surface area (Å²) in [5.74, 6) is 0.795. The molecule has 116 valence electrons. The Hall–Kier alpha value is -2.00. The first-order chi connectivity index (χ1) is 10.5. The fourth-order valence-corrected chi connectivity index (χ4v) is 2.32. The Morgan fingerprint density at radius 3 is 2.64 bits per heavy atom. The van der Waals surface area contributed by atoms with Crippen LogP contribution in [0.1, 0.15) is 30.0 Å². The topological polar surface area (TPSA) is 38.3 Å². The van der Waals surface area contributed by atoms with Gasteiger partial charge in [-0.15, -0.1) is 0 Å². The summed E-state index contributed by atoms with van der Waals surface area (Å²) in [6, 6.07) is 11.5. The van der Waals surface area contributed by atoms with Gasteiger partial charge < -0.3 is 10.1 Å².